The van der Waals surface area contributed by atoms with E-state index in [0.717, 1.165) is 24.3 Å². The Kier molecular flexibility index (Phi) is 4.54. The van der Waals surface area contributed by atoms with E-state index >= 15 is 0 Å². The Labute approximate surface area is 122 Å². The zero-order valence-corrected chi connectivity index (χ0v) is 13.6. The van der Waals surface area contributed by atoms with E-state index in [4.69, 9.17) is 4.42 Å². The van der Waals surface area contributed by atoms with Crippen molar-refractivity contribution in [2.24, 2.45) is 5.92 Å². The van der Waals surface area contributed by atoms with Crippen molar-refractivity contribution in [3.05, 3.63) is 34.6 Å². The maximum absolute atomic E-state index is 6.15. The predicted octanol–water partition coefficient (Wildman–Crippen LogP) is 4.75. The van der Waals surface area contributed by atoms with E-state index in [1.54, 1.807) is 0 Å². The second-order valence-corrected chi connectivity index (χ2v) is 6.59. The molecular formula is C18H27NO. The monoisotopic (exact) mass is 273 g/mol. The fourth-order valence-corrected chi connectivity index (χ4v) is 2.79. The first-order chi connectivity index (χ1) is 9.38. The number of benzene rings is 1. The summed E-state index contributed by atoms with van der Waals surface area (Å²) in [6.07, 6.45) is 1.08. The van der Waals surface area contributed by atoms with Crippen LogP contribution in [0.25, 0.3) is 11.0 Å². The summed E-state index contributed by atoms with van der Waals surface area (Å²) in [5.74, 6) is 1.74. The molecule has 0 radical (unpaired) electrons. The van der Waals surface area contributed by atoms with Gasteiger partial charge in [-0.1, -0.05) is 33.8 Å². The number of nitrogens with one attached hydrogen (secondary N) is 1. The quantitative estimate of drug-likeness (QED) is 0.850. The Morgan fingerprint density at radius 3 is 2.40 bits per heavy atom. The summed E-state index contributed by atoms with van der Waals surface area (Å²) in [5, 5.41) is 4.80. The van der Waals surface area contributed by atoms with Crippen molar-refractivity contribution < 1.29 is 4.42 Å². The standard InChI is InChI=1S/C18H27NO/c1-11(2)7-15-17(10-19-12(3)4)20-16-9-13(5)8-14(6)18(15)16/h8-9,11-12,19H,7,10H2,1-6H3. The molecular weight excluding hydrogens is 246 g/mol. The molecule has 0 spiro atoms. The lowest BCUT2D eigenvalue weighted by Gasteiger charge is -2.10. The lowest BCUT2D eigenvalue weighted by atomic mass is 9.96. The lowest BCUT2D eigenvalue weighted by molar-refractivity contribution is 0.478. The van der Waals surface area contributed by atoms with Gasteiger partial charge >= 0.3 is 0 Å². The van der Waals surface area contributed by atoms with Crippen LogP contribution in [0, 0.1) is 19.8 Å². The molecule has 20 heavy (non-hydrogen) atoms. The molecule has 0 amide bonds. The minimum Gasteiger partial charge on any atom is -0.459 e. The van der Waals surface area contributed by atoms with Crippen LogP contribution in [0.15, 0.2) is 16.5 Å². The second-order valence-electron chi connectivity index (χ2n) is 6.59. The van der Waals surface area contributed by atoms with Gasteiger partial charge in [0.05, 0.1) is 6.54 Å². The highest BCUT2D eigenvalue weighted by atomic mass is 16.3. The molecule has 2 aromatic rings. The Hall–Kier alpha value is -1.28. The van der Waals surface area contributed by atoms with E-state index in [1.165, 1.54) is 22.1 Å². The topological polar surface area (TPSA) is 25.2 Å². The van der Waals surface area contributed by atoms with Crippen molar-refractivity contribution in [2.45, 2.75) is 60.5 Å². The van der Waals surface area contributed by atoms with Gasteiger partial charge < -0.3 is 9.73 Å². The lowest BCUT2D eigenvalue weighted by Crippen LogP contribution is -2.22. The summed E-state index contributed by atoms with van der Waals surface area (Å²) in [4.78, 5) is 0. The van der Waals surface area contributed by atoms with Crippen molar-refractivity contribution >= 4 is 11.0 Å². The summed E-state index contributed by atoms with van der Waals surface area (Å²) < 4.78 is 6.15. The molecule has 0 unspecified atom stereocenters. The zero-order valence-electron chi connectivity index (χ0n) is 13.6. The molecule has 110 valence electrons. The van der Waals surface area contributed by atoms with E-state index in [0.29, 0.717) is 12.0 Å². The maximum Gasteiger partial charge on any atom is 0.135 e. The second kappa shape index (κ2) is 6.01. The maximum atomic E-state index is 6.15. The van der Waals surface area contributed by atoms with Crippen LogP contribution in [0.4, 0.5) is 0 Å². The first kappa shape index (κ1) is 15.1. The summed E-state index contributed by atoms with van der Waals surface area (Å²) in [7, 11) is 0. The third-order valence-electron chi connectivity index (χ3n) is 3.60. The van der Waals surface area contributed by atoms with Crippen LogP contribution in [-0.2, 0) is 13.0 Å². The minimum absolute atomic E-state index is 0.470. The first-order valence-electron chi connectivity index (χ1n) is 7.63. The molecule has 2 rings (SSSR count). The molecule has 0 bridgehead atoms. The average molecular weight is 273 g/mol. The molecule has 0 fully saturated rings. The molecule has 0 saturated carbocycles. The highest BCUT2D eigenvalue weighted by molar-refractivity contribution is 5.86. The molecule has 2 nitrogen and oxygen atoms in total. The largest absolute Gasteiger partial charge is 0.459 e. The molecule has 0 aliphatic rings. The van der Waals surface area contributed by atoms with Crippen LogP contribution < -0.4 is 5.32 Å². The van der Waals surface area contributed by atoms with Gasteiger partial charge in [-0.3, -0.25) is 0 Å². The van der Waals surface area contributed by atoms with Crippen molar-refractivity contribution in [2.75, 3.05) is 0 Å². The van der Waals surface area contributed by atoms with Crippen LogP contribution in [0.1, 0.15) is 50.1 Å². The molecule has 1 N–H and O–H groups in total. The number of hydrogen-bond acceptors (Lipinski definition) is 2. The average Bonchev–Trinajstić information content (AvgIpc) is 2.63. The summed E-state index contributed by atoms with van der Waals surface area (Å²) in [6, 6.07) is 4.88. The minimum atomic E-state index is 0.470. The molecule has 0 aliphatic heterocycles. The van der Waals surface area contributed by atoms with Crippen LogP contribution in [0.5, 0.6) is 0 Å². The van der Waals surface area contributed by atoms with Crippen LogP contribution in [0.2, 0.25) is 0 Å². The molecule has 0 saturated heterocycles. The van der Waals surface area contributed by atoms with Gasteiger partial charge in [-0.15, -0.1) is 0 Å². The van der Waals surface area contributed by atoms with E-state index < -0.39 is 0 Å². The third kappa shape index (κ3) is 3.24. The van der Waals surface area contributed by atoms with Crippen molar-refractivity contribution in [3.8, 4) is 0 Å². The van der Waals surface area contributed by atoms with Gasteiger partial charge in [0.25, 0.3) is 0 Å². The van der Waals surface area contributed by atoms with Gasteiger partial charge in [-0.05, 0) is 43.4 Å². The summed E-state index contributed by atoms with van der Waals surface area (Å²) in [5.41, 5.74) is 5.03. The van der Waals surface area contributed by atoms with E-state index in [1.807, 2.05) is 0 Å². The van der Waals surface area contributed by atoms with Gasteiger partial charge in [0.15, 0.2) is 0 Å². The van der Waals surface area contributed by atoms with Crippen molar-refractivity contribution in [3.63, 3.8) is 0 Å². The van der Waals surface area contributed by atoms with Crippen molar-refractivity contribution in [1.29, 1.82) is 0 Å². The highest BCUT2D eigenvalue weighted by Gasteiger charge is 2.17. The van der Waals surface area contributed by atoms with Gasteiger partial charge in [-0.2, -0.15) is 0 Å². The fraction of sp³-hybridized carbons (Fsp3) is 0.556. The molecule has 1 aromatic heterocycles. The van der Waals surface area contributed by atoms with Gasteiger partial charge in [-0.25, -0.2) is 0 Å². The van der Waals surface area contributed by atoms with Crippen LogP contribution in [-0.4, -0.2) is 6.04 Å². The smallest absolute Gasteiger partial charge is 0.135 e. The zero-order chi connectivity index (χ0) is 14.9. The number of furan rings is 1. The normalized spacial score (nSPS) is 12.0. The fourth-order valence-electron chi connectivity index (χ4n) is 2.79. The van der Waals surface area contributed by atoms with Crippen LogP contribution >= 0.6 is 0 Å². The Morgan fingerprint density at radius 1 is 1.10 bits per heavy atom. The van der Waals surface area contributed by atoms with E-state index in [2.05, 4.69) is 59.0 Å². The molecule has 0 aliphatic carbocycles. The summed E-state index contributed by atoms with van der Waals surface area (Å²) in [6.45, 7) is 14.0. The number of rotatable bonds is 5. The van der Waals surface area contributed by atoms with Crippen molar-refractivity contribution in [1.82, 2.24) is 5.32 Å². The third-order valence-corrected chi connectivity index (χ3v) is 3.60. The molecule has 1 aromatic carbocycles. The summed E-state index contributed by atoms with van der Waals surface area (Å²) >= 11 is 0. The van der Waals surface area contributed by atoms with E-state index in [-0.39, 0.29) is 0 Å². The van der Waals surface area contributed by atoms with Crippen LogP contribution in [0.3, 0.4) is 0 Å². The Balaban J connectivity index is 2.51. The highest BCUT2D eigenvalue weighted by Crippen LogP contribution is 2.31. The number of aryl methyl sites for hydroxylation is 2. The molecule has 2 heteroatoms. The van der Waals surface area contributed by atoms with Gasteiger partial charge in [0.2, 0.25) is 0 Å². The predicted molar refractivity (Wildman–Crippen MR) is 86.2 cm³/mol. The Morgan fingerprint density at radius 2 is 1.80 bits per heavy atom. The van der Waals surface area contributed by atoms with E-state index in [9.17, 15) is 0 Å². The number of hydrogen-bond donors (Lipinski definition) is 1. The molecule has 0 atom stereocenters. The van der Waals surface area contributed by atoms with Gasteiger partial charge in [0.1, 0.15) is 11.3 Å². The van der Waals surface area contributed by atoms with Gasteiger partial charge in [0, 0.05) is 17.0 Å². The SMILES string of the molecule is Cc1cc(C)c2c(CC(C)C)c(CNC(C)C)oc2c1. The molecule has 1 heterocycles. The number of fused-ring (bicyclic) bond motifs is 1. The first-order valence-corrected chi connectivity index (χ1v) is 7.63. The Bertz CT molecular complexity index is 593.